The first kappa shape index (κ1) is 7.79. The summed E-state index contributed by atoms with van der Waals surface area (Å²) in [6, 6.07) is 0. The Morgan fingerprint density at radius 1 is 1.36 bits per heavy atom. The average Bonchev–Trinajstić information content (AvgIpc) is 2.88. The van der Waals surface area contributed by atoms with E-state index >= 15 is 0 Å². The van der Waals surface area contributed by atoms with E-state index in [0.717, 1.165) is 23.4 Å². The molecule has 0 radical (unpaired) electrons. The minimum absolute atomic E-state index is 0.713. The second-order valence-electron chi connectivity index (χ2n) is 3.93. The van der Waals surface area contributed by atoms with Gasteiger partial charge in [0.1, 0.15) is 0 Å². The highest BCUT2D eigenvalue weighted by Gasteiger charge is 2.22. The summed E-state index contributed by atoms with van der Waals surface area (Å²) < 4.78 is 2.01. The van der Waals surface area contributed by atoms with E-state index in [0.29, 0.717) is 5.69 Å². The molecule has 1 aliphatic carbocycles. The lowest BCUT2D eigenvalue weighted by Gasteiger charge is -2.01. The number of nitrogen functional groups attached to an aromatic ring is 1. The molecule has 1 aliphatic rings. The van der Waals surface area contributed by atoms with Crippen molar-refractivity contribution >= 4 is 16.6 Å². The quantitative estimate of drug-likeness (QED) is 0.775. The van der Waals surface area contributed by atoms with E-state index in [1.807, 2.05) is 17.1 Å². The van der Waals surface area contributed by atoms with Crippen molar-refractivity contribution in [1.82, 2.24) is 14.8 Å². The van der Waals surface area contributed by atoms with Gasteiger partial charge in [-0.15, -0.1) is 0 Å². The standard InChI is InChI=1S/C10H12N4/c11-9-4-12-5-10-8(9)3-13-14(10)6-7-1-2-7/h3-5,7H,1-2,6,11H2. The largest absolute Gasteiger partial charge is 0.397 e. The van der Waals surface area contributed by atoms with E-state index in [4.69, 9.17) is 5.73 Å². The summed E-state index contributed by atoms with van der Waals surface area (Å²) in [6.45, 7) is 1.01. The first-order valence-corrected chi connectivity index (χ1v) is 4.89. The van der Waals surface area contributed by atoms with Gasteiger partial charge in [0.2, 0.25) is 0 Å². The minimum Gasteiger partial charge on any atom is -0.397 e. The molecule has 0 bridgehead atoms. The Labute approximate surface area is 81.7 Å². The maximum atomic E-state index is 5.80. The van der Waals surface area contributed by atoms with Crippen LogP contribution in [-0.4, -0.2) is 14.8 Å². The summed E-state index contributed by atoms with van der Waals surface area (Å²) in [5, 5.41) is 5.35. The van der Waals surface area contributed by atoms with Crippen molar-refractivity contribution in [3.63, 3.8) is 0 Å². The summed E-state index contributed by atoms with van der Waals surface area (Å²) in [7, 11) is 0. The van der Waals surface area contributed by atoms with Crippen molar-refractivity contribution in [2.24, 2.45) is 5.92 Å². The van der Waals surface area contributed by atoms with Crippen LogP contribution in [0.3, 0.4) is 0 Å². The second-order valence-corrected chi connectivity index (χ2v) is 3.93. The molecule has 3 rings (SSSR count). The van der Waals surface area contributed by atoms with Crippen LogP contribution in [0.5, 0.6) is 0 Å². The molecule has 2 N–H and O–H groups in total. The number of hydrogen-bond acceptors (Lipinski definition) is 3. The van der Waals surface area contributed by atoms with E-state index in [1.54, 1.807) is 6.20 Å². The molecule has 14 heavy (non-hydrogen) atoms. The van der Waals surface area contributed by atoms with Gasteiger partial charge in [-0.2, -0.15) is 5.10 Å². The highest BCUT2D eigenvalue weighted by atomic mass is 15.3. The lowest BCUT2D eigenvalue weighted by atomic mass is 10.3. The van der Waals surface area contributed by atoms with Gasteiger partial charge in [-0.3, -0.25) is 9.67 Å². The van der Waals surface area contributed by atoms with Crippen LogP contribution in [0.15, 0.2) is 18.6 Å². The molecular weight excluding hydrogens is 176 g/mol. The predicted molar refractivity (Wildman–Crippen MR) is 54.7 cm³/mol. The third kappa shape index (κ3) is 1.14. The summed E-state index contributed by atoms with van der Waals surface area (Å²) in [4.78, 5) is 4.09. The summed E-state index contributed by atoms with van der Waals surface area (Å²) in [6.07, 6.45) is 8.00. The molecule has 1 saturated carbocycles. The van der Waals surface area contributed by atoms with Gasteiger partial charge in [-0.25, -0.2) is 0 Å². The summed E-state index contributed by atoms with van der Waals surface area (Å²) in [5.74, 6) is 0.819. The van der Waals surface area contributed by atoms with Crippen LogP contribution < -0.4 is 5.73 Å². The molecule has 2 aromatic rings. The number of pyridine rings is 1. The van der Waals surface area contributed by atoms with Crippen LogP contribution in [0.2, 0.25) is 0 Å². The first-order chi connectivity index (χ1) is 6.84. The van der Waals surface area contributed by atoms with E-state index < -0.39 is 0 Å². The zero-order valence-corrected chi connectivity index (χ0v) is 7.85. The fourth-order valence-electron chi connectivity index (χ4n) is 1.70. The normalized spacial score (nSPS) is 16.3. The fourth-order valence-corrected chi connectivity index (χ4v) is 1.70. The summed E-state index contributed by atoms with van der Waals surface area (Å²) in [5.41, 5.74) is 7.57. The van der Waals surface area contributed by atoms with Gasteiger partial charge in [-0.1, -0.05) is 0 Å². The molecular formula is C10H12N4. The molecule has 4 heteroatoms. The van der Waals surface area contributed by atoms with E-state index in [9.17, 15) is 0 Å². The minimum atomic E-state index is 0.713. The van der Waals surface area contributed by atoms with Gasteiger partial charge in [0.05, 0.1) is 29.8 Å². The van der Waals surface area contributed by atoms with Crippen molar-refractivity contribution in [3.05, 3.63) is 18.6 Å². The lowest BCUT2D eigenvalue weighted by Crippen LogP contribution is -2.01. The van der Waals surface area contributed by atoms with Crippen LogP contribution >= 0.6 is 0 Å². The molecule has 0 spiro atoms. The Morgan fingerprint density at radius 3 is 3.00 bits per heavy atom. The molecule has 72 valence electrons. The van der Waals surface area contributed by atoms with Crippen LogP contribution in [0.25, 0.3) is 10.9 Å². The first-order valence-electron chi connectivity index (χ1n) is 4.89. The van der Waals surface area contributed by atoms with Crippen molar-refractivity contribution in [1.29, 1.82) is 0 Å². The number of rotatable bonds is 2. The topological polar surface area (TPSA) is 56.7 Å². The molecule has 2 heterocycles. The van der Waals surface area contributed by atoms with E-state index in [1.165, 1.54) is 12.8 Å². The van der Waals surface area contributed by atoms with Gasteiger partial charge < -0.3 is 5.73 Å². The number of nitrogens with zero attached hydrogens (tertiary/aromatic N) is 3. The highest BCUT2D eigenvalue weighted by Crippen LogP contribution is 2.31. The van der Waals surface area contributed by atoms with Gasteiger partial charge in [0.25, 0.3) is 0 Å². The molecule has 0 amide bonds. The third-order valence-corrected chi connectivity index (χ3v) is 2.73. The molecule has 2 aromatic heterocycles. The smallest absolute Gasteiger partial charge is 0.0886 e. The van der Waals surface area contributed by atoms with Crippen molar-refractivity contribution in [2.75, 3.05) is 5.73 Å². The zero-order chi connectivity index (χ0) is 9.54. The zero-order valence-electron chi connectivity index (χ0n) is 7.85. The summed E-state index contributed by atoms with van der Waals surface area (Å²) >= 11 is 0. The van der Waals surface area contributed by atoms with Crippen LogP contribution in [-0.2, 0) is 6.54 Å². The third-order valence-electron chi connectivity index (χ3n) is 2.73. The Hall–Kier alpha value is -1.58. The Morgan fingerprint density at radius 2 is 2.21 bits per heavy atom. The predicted octanol–water partition coefficient (Wildman–Crippen LogP) is 1.42. The Kier molecular flexibility index (Phi) is 1.50. The molecule has 1 fully saturated rings. The Balaban J connectivity index is 2.10. The maximum Gasteiger partial charge on any atom is 0.0886 e. The molecule has 0 atom stereocenters. The van der Waals surface area contributed by atoms with Gasteiger partial charge in [0.15, 0.2) is 0 Å². The Bertz CT molecular complexity index is 470. The average molecular weight is 188 g/mol. The van der Waals surface area contributed by atoms with Gasteiger partial charge in [0, 0.05) is 11.9 Å². The molecule has 0 saturated heterocycles. The molecule has 0 unspecified atom stereocenters. The SMILES string of the molecule is Nc1cncc2c1cnn2CC1CC1. The van der Waals surface area contributed by atoms with Crippen molar-refractivity contribution < 1.29 is 0 Å². The second kappa shape index (κ2) is 2.70. The fraction of sp³-hybridized carbons (Fsp3) is 0.400. The van der Waals surface area contributed by atoms with Crippen molar-refractivity contribution in [3.8, 4) is 0 Å². The number of fused-ring (bicyclic) bond motifs is 1. The maximum absolute atomic E-state index is 5.80. The monoisotopic (exact) mass is 188 g/mol. The van der Waals surface area contributed by atoms with E-state index in [-0.39, 0.29) is 0 Å². The van der Waals surface area contributed by atoms with Gasteiger partial charge >= 0.3 is 0 Å². The number of anilines is 1. The van der Waals surface area contributed by atoms with Crippen LogP contribution in [0.4, 0.5) is 5.69 Å². The van der Waals surface area contributed by atoms with Crippen LogP contribution in [0, 0.1) is 5.92 Å². The number of hydrogen-bond donors (Lipinski definition) is 1. The van der Waals surface area contributed by atoms with Crippen molar-refractivity contribution in [2.45, 2.75) is 19.4 Å². The molecule has 0 aliphatic heterocycles. The van der Waals surface area contributed by atoms with Crippen LogP contribution in [0.1, 0.15) is 12.8 Å². The number of nitrogens with two attached hydrogens (primary N) is 1. The molecule has 0 aromatic carbocycles. The van der Waals surface area contributed by atoms with E-state index in [2.05, 4.69) is 10.1 Å². The molecule has 4 nitrogen and oxygen atoms in total. The lowest BCUT2D eigenvalue weighted by molar-refractivity contribution is 0.580. The highest BCUT2D eigenvalue weighted by molar-refractivity contribution is 5.88. The van der Waals surface area contributed by atoms with Gasteiger partial charge in [-0.05, 0) is 18.8 Å². The number of aromatic nitrogens is 3.